The number of nitrogens with zero attached hydrogens (tertiary/aromatic N) is 1. The van der Waals surface area contributed by atoms with Crippen molar-refractivity contribution in [2.24, 2.45) is 23.7 Å². The van der Waals surface area contributed by atoms with E-state index >= 15 is 0 Å². The molecule has 0 radical (unpaired) electrons. The van der Waals surface area contributed by atoms with Gasteiger partial charge in [0.1, 0.15) is 0 Å². The number of imide groups is 1. The highest BCUT2D eigenvalue weighted by atomic mass is 16.5. The highest BCUT2D eigenvalue weighted by Gasteiger charge is 2.60. The van der Waals surface area contributed by atoms with Gasteiger partial charge in [-0.3, -0.25) is 24.1 Å². The highest BCUT2D eigenvalue weighted by molar-refractivity contribution is 6.06. The standard InChI is InChI=1S/C22H24N2O7/c1-30-22(29)12-4-6-15(7-5-12)23-16(25)11-31-17(26)8-9-24-20(27)18-13-2-3-14(10-13)19(18)21(24)28/h4-7,13-14,18-19H,2-3,8-11H2,1H3,(H,23,25)/t13-,14-,18+,19+/m0/s1. The third-order valence-corrected chi connectivity index (χ3v) is 6.51. The number of hydrogen-bond donors (Lipinski definition) is 1. The van der Waals surface area contributed by atoms with Crippen LogP contribution in [0, 0.1) is 23.7 Å². The molecule has 2 bridgehead atoms. The maximum absolute atomic E-state index is 12.6. The second kappa shape index (κ2) is 8.49. The van der Waals surface area contributed by atoms with Gasteiger partial charge < -0.3 is 14.8 Å². The van der Waals surface area contributed by atoms with Crippen LogP contribution < -0.4 is 5.32 Å². The lowest BCUT2D eigenvalue weighted by molar-refractivity contribution is -0.149. The Balaban J connectivity index is 1.21. The summed E-state index contributed by atoms with van der Waals surface area (Å²) >= 11 is 0. The number of anilines is 1. The first-order valence-electron chi connectivity index (χ1n) is 10.4. The van der Waals surface area contributed by atoms with Crippen molar-refractivity contribution in [3.05, 3.63) is 29.8 Å². The van der Waals surface area contributed by atoms with Crippen LogP contribution >= 0.6 is 0 Å². The van der Waals surface area contributed by atoms with E-state index < -0.39 is 24.5 Å². The summed E-state index contributed by atoms with van der Waals surface area (Å²) in [5, 5.41) is 2.55. The summed E-state index contributed by atoms with van der Waals surface area (Å²) in [6.45, 7) is -0.506. The number of carbonyl (C=O) groups excluding carboxylic acids is 5. The number of esters is 2. The van der Waals surface area contributed by atoms with E-state index in [0.717, 1.165) is 19.3 Å². The average molecular weight is 428 g/mol. The number of ether oxygens (including phenoxy) is 2. The molecule has 9 nitrogen and oxygen atoms in total. The van der Waals surface area contributed by atoms with Crippen molar-refractivity contribution >= 4 is 35.3 Å². The van der Waals surface area contributed by atoms with Crippen LogP contribution in [0.15, 0.2) is 24.3 Å². The van der Waals surface area contributed by atoms with Gasteiger partial charge in [-0.2, -0.15) is 0 Å². The molecule has 3 aliphatic rings. The van der Waals surface area contributed by atoms with Gasteiger partial charge >= 0.3 is 11.9 Å². The Morgan fingerprint density at radius 1 is 1.03 bits per heavy atom. The van der Waals surface area contributed by atoms with Gasteiger partial charge in [-0.1, -0.05) is 0 Å². The fourth-order valence-electron chi connectivity index (χ4n) is 5.12. The average Bonchev–Trinajstić information content (AvgIpc) is 3.45. The summed E-state index contributed by atoms with van der Waals surface area (Å²) < 4.78 is 9.56. The topological polar surface area (TPSA) is 119 Å². The molecule has 31 heavy (non-hydrogen) atoms. The molecular weight excluding hydrogens is 404 g/mol. The summed E-state index contributed by atoms with van der Waals surface area (Å²) in [7, 11) is 1.28. The van der Waals surface area contributed by atoms with Crippen molar-refractivity contribution < 1.29 is 33.4 Å². The molecule has 1 heterocycles. The molecule has 1 aromatic carbocycles. The molecule has 1 aromatic rings. The second-order valence-corrected chi connectivity index (χ2v) is 8.24. The van der Waals surface area contributed by atoms with Gasteiger partial charge in [0.15, 0.2) is 6.61 Å². The van der Waals surface area contributed by atoms with Crippen molar-refractivity contribution in [1.29, 1.82) is 0 Å². The van der Waals surface area contributed by atoms with Crippen molar-refractivity contribution in [2.75, 3.05) is 25.6 Å². The third-order valence-electron chi connectivity index (χ3n) is 6.51. The van der Waals surface area contributed by atoms with Crippen LogP contribution in [0.1, 0.15) is 36.0 Å². The normalized spacial score (nSPS) is 26.0. The predicted molar refractivity (Wildman–Crippen MR) is 107 cm³/mol. The molecule has 3 amide bonds. The molecular formula is C22H24N2O7. The van der Waals surface area contributed by atoms with Crippen LogP contribution in [0.25, 0.3) is 0 Å². The van der Waals surface area contributed by atoms with E-state index in [1.165, 1.54) is 36.3 Å². The first-order chi connectivity index (χ1) is 14.9. The molecule has 1 N–H and O–H groups in total. The molecule has 4 rings (SSSR count). The Kier molecular flexibility index (Phi) is 5.75. The molecule has 3 fully saturated rings. The van der Waals surface area contributed by atoms with E-state index in [9.17, 15) is 24.0 Å². The number of carbonyl (C=O) groups is 5. The van der Waals surface area contributed by atoms with Gasteiger partial charge in [0, 0.05) is 12.2 Å². The Morgan fingerprint density at radius 2 is 1.65 bits per heavy atom. The molecule has 0 spiro atoms. The number of hydrogen-bond acceptors (Lipinski definition) is 7. The smallest absolute Gasteiger partial charge is 0.337 e. The molecule has 1 saturated heterocycles. The summed E-state index contributed by atoms with van der Waals surface area (Å²) in [6, 6.07) is 6.05. The molecule has 0 aromatic heterocycles. The zero-order valence-electron chi connectivity index (χ0n) is 17.2. The number of likely N-dealkylation sites (tertiary alicyclic amines) is 1. The Morgan fingerprint density at radius 3 is 2.23 bits per heavy atom. The van der Waals surface area contributed by atoms with Gasteiger partial charge in [0.25, 0.3) is 5.91 Å². The molecule has 2 saturated carbocycles. The van der Waals surface area contributed by atoms with Crippen molar-refractivity contribution in [2.45, 2.75) is 25.7 Å². The van der Waals surface area contributed by atoms with Crippen LogP contribution in [0.4, 0.5) is 5.69 Å². The number of amides is 3. The van der Waals surface area contributed by atoms with Gasteiger partial charge in [-0.25, -0.2) is 4.79 Å². The minimum Gasteiger partial charge on any atom is -0.465 e. The highest BCUT2D eigenvalue weighted by Crippen LogP contribution is 2.56. The van der Waals surface area contributed by atoms with Crippen LogP contribution in [0.2, 0.25) is 0 Å². The zero-order chi connectivity index (χ0) is 22.1. The van der Waals surface area contributed by atoms with Crippen molar-refractivity contribution in [1.82, 2.24) is 4.90 Å². The van der Waals surface area contributed by atoms with Crippen molar-refractivity contribution in [3.8, 4) is 0 Å². The van der Waals surface area contributed by atoms with Gasteiger partial charge in [0.05, 0.1) is 30.9 Å². The van der Waals surface area contributed by atoms with Gasteiger partial charge in [-0.05, 0) is 55.4 Å². The Bertz CT molecular complexity index is 898. The third kappa shape index (κ3) is 4.04. The summed E-state index contributed by atoms with van der Waals surface area (Å²) in [5.74, 6) is -1.83. The zero-order valence-corrected chi connectivity index (χ0v) is 17.2. The fourth-order valence-corrected chi connectivity index (χ4v) is 5.12. The molecule has 1 aliphatic heterocycles. The minimum absolute atomic E-state index is 0.0143. The predicted octanol–water partition coefficient (Wildman–Crippen LogP) is 1.38. The maximum atomic E-state index is 12.6. The van der Waals surface area contributed by atoms with Gasteiger partial charge in [-0.15, -0.1) is 0 Å². The van der Waals surface area contributed by atoms with Crippen LogP contribution in [0.5, 0.6) is 0 Å². The first kappa shape index (κ1) is 21.0. The largest absolute Gasteiger partial charge is 0.465 e. The lowest BCUT2D eigenvalue weighted by atomic mass is 9.81. The molecule has 2 aliphatic carbocycles. The van der Waals surface area contributed by atoms with E-state index in [-0.39, 0.29) is 36.6 Å². The number of rotatable bonds is 7. The molecule has 4 atom stereocenters. The summed E-state index contributed by atoms with van der Waals surface area (Å²) in [5.41, 5.74) is 0.776. The summed E-state index contributed by atoms with van der Waals surface area (Å²) in [4.78, 5) is 61.8. The monoisotopic (exact) mass is 428 g/mol. The van der Waals surface area contributed by atoms with E-state index in [0.29, 0.717) is 23.1 Å². The quantitative estimate of drug-likeness (QED) is 0.515. The molecule has 0 unspecified atom stereocenters. The maximum Gasteiger partial charge on any atom is 0.337 e. The van der Waals surface area contributed by atoms with Gasteiger partial charge in [0.2, 0.25) is 11.8 Å². The van der Waals surface area contributed by atoms with E-state index in [4.69, 9.17) is 4.74 Å². The lowest BCUT2D eigenvalue weighted by Gasteiger charge is -2.19. The minimum atomic E-state index is -0.656. The molecule has 164 valence electrons. The number of methoxy groups -OCH3 is 1. The fraction of sp³-hybridized carbons (Fsp3) is 0.500. The Hall–Kier alpha value is -3.23. The van der Waals surface area contributed by atoms with E-state index in [1.807, 2.05) is 0 Å². The van der Waals surface area contributed by atoms with E-state index in [2.05, 4.69) is 10.1 Å². The van der Waals surface area contributed by atoms with Crippen LogP contribution in [-0.2, 0) is 28.7 Å². The van der Waals surface area contributed by atoms with E-state index in [1.54, 1.807) is 0 Å². The van der Waals surface area contributed by atoms with Crippen LogP contribution in [0.3, 0.4) is 0 Å². The lowest BCUT2D eigenvalue weighted by Crippen LogP contribution is -2.35. The first-order valence-corrected chi connectivity index (χ1v) is 10.4. The Labute approximate surface area is 179 Å². The molecule has 9 heteroatoms. The van der Waals surface area contributed by atoms with Crippen LogP contribution in [-0.4, -0.2) is 54.8 Å². The number of benzene rings is 1. The SMILES string of the molecule is COC(=O)c1ccc(NC(=O)COC(=O)CCN2C(=O)[C@@H]3[C@H]4CC[C@@H](C4)[C@H]3C2=O)cc1. The van der Waals surface area contributed by atoms with Crippen molar-refractivity contribution in [3.63, 3.8) is 0 Å². The second-order valence-electron chi connectivity index (χ2n) is 8.24. The number of nitrogens with one attached hydrogen (secondary N) is 1. The number of fused-ring (bicyclic) bond motifs is 5. The summed E-state index contributed by atoms with van der Waals surface area (Å²) in [6.07, 6.45) is 2.82.